The first kappa shape index (κ1) is 64.5. The number of aryl methyl sites for hydroxylation is 2. The third-order valence-electron chi connectivity index (χ3n) is 15.5. The van der Waals surface area contributed by atoms with E-state index in [0.717, 1.165) is 71.0 Å². The zero-order valence-corrected chi connectivity index (χ0v) is 51.2. The summed E-state index contributed by atoms with van der Waals surface area (Å²) in [7, 11) is -6.40. The van der Waals surface area contributed by atoms with Crippen LogP contribution in [0.15, 0.2) is 210 Å². The van der Waals surface area contributed by atoms with Crippen LogP contribution in [0.1, 0.15) is 84.4 Å². The maximum Gasteiger partial charge on any atom is 0.297 e. The van der Waals surface area contributed by atoms with Gasteiger partial charge in [-0.05, 0) is 72.4 Å². The first-order chi connectivity index (χ1) is 41.8. The Morgan fingerprint density at radius 3 is 1.26 bits per heavy atom. The van der Waals surface area contributed by atoms with Gasteiger partial charge >= 0.3 is 0 Å². The second kappa shape index (κ2) is 31.3. The molecular weight excluding hydrogens is 1130 g/mol. The van der Waals surface area contributed by atoms with Crippen molar-refractivity contribution in [2.45, 2.75) is 149 Å². The minimum Gasteiger partial charge on any atom is -0.376 e. The van der Waals surface area contributed by atoms with Crippen LogP contribution in [0.3, 0.4) is 0 Å². The molecule has 17 heteroatoms. The summed E-state index contributed by atoms with van der Waals surface area (Å²) in [6.45, 7) is 6.11. The minimum absolute atomic E-state index is 0.103. The Labute approximate surface area is 508 Å². The van der Waals surface area contributed by atoms with E-state index < -0.39 is 87.2 Å². The standard InChI is InChI=1S/C69H80O15S2/c1-6-7-8-9-10-26-45-78-67-65(83-85(70,71)57-41-37-50(2)38-42-57)63(74-4)61(59(79-67)48-76-46-52-27-16-11-17-28-52)81-68-66(84-86(72,73)58-43-39-51(3)40-44-58)64(75-5)62(60(80-68)49-77-47-53-29-18-12-19-30-53)82-69(54-31-20-13-21-32-54,55-33-22-14-23-34-55)56-35-24-15-25-36-56/h11-25,27-44,59-68H,6-10,26,45-49H2,1-5H3/t59-,60-,61-,62-,63+,64+,65+,66+,67+,68-/m1/s1. The topological polar surface area (TPSA) is 170 Å². The van der Waals surface area contributed by atoms with E-state index >= 15 is 8.42 Å². The first-order valence-corrected chi connectivity index (χ1v) is 32.4. The Kier molecular flexibility index (Phi) is 23.4. The number of benzene rings is 7. The SMILES string of the molecule is CCCCCCCCO[C@H]1O[C@H](COCc2ccccc2)[C@@H](O[C@H]2O[C@H](COCc3ccccc3)[C@@H](OC(c3ccccc3)(c3ccccc3)c3ccccc3)[C@H](OC)[C@@H]2OS(=O)(=O)c2ccc(C)cc2)[C@H](OC)[C@@H]1OS(=O)(=O)c1ccc(C)cc1. The van der Waals surface area contributed by atoms with Gasteiger partial charge in [-0.3, -0.25) is 8.37 Å². The van der Waals surface area contributed by atoms with E-state index in [0.29, 0.717) is 6.42 Å². The lowest BCUT2D eigenvalue weighted by Crippen LogP contribution is -2.67. The summed E-state index contributed by atoms with van der Waals surface area (Å²) >= 11 is 0. The van der Waals surface area contributed by atoms with Crippen LogP contribution < -0.4 is 0 Å². The highest BCUT2D eigenvalue weighted by atomic mass is 32.2. The molecule has 9 rings (SSSR count). The van der Waals surface area contributed by atoms with E-state index in [-0.39, 0.29) is 42.8 Å². The molecule has 2 heterocycles. The Bertz CT molecular complexity index is 3230. The Morgan fingerprint density at radius 2 is 0.814 bits per heavy atom. The quantitative estimate of drug-likeness (QED) is 0.0228. The average molecular weight is 1210 g/mol. The third-order valence-corrected chi connectivity index (χ3v) is 18.2. The summed E-state index contributed by atoms with van der Waals surface area (Å²) in [5.41, 5.74) is 4.27. The Morgan fingerprint density at radius 1 is 0.430 bits per heavy atom. The maximum absolute atomic E-state index is 15.0. The second-order valence-electron chi connectivity index (χ2n) is 21.7. The van der Waals surface area contributed by atoms with Gasteiger partial charge in [-0.15, -0.1) is 0 Å². The molecule has 2 saturated heterocycles. The highest BCUT2D eigenvalue weighted by Crippen LogP contribution is 2.45. The maximum atomic E-state index is 15.0. The van der Waals surface area contributed by atoms with Crippen molar-refractivity contribution in [3.05, 3.63) is 239 Å². The minimum atomic E-state index is -4.70. The molecule has 0 radical (unpaired) electrons. The highest BCUT2D eigenvalue weighted by molar-refractivity contribution is 7.87. The van der Waals surface area contributed by atoms with Crippen LogP contribution >= 0.6 is 0 Å². The van der Waals surface area contributed by atoms with Gasteiger partial charge in [0, 0.05) is 20.8 Å². The van der Waals surface area contributed by atoms with E-state index in [1.807, 2.05) is 166 Å². The van der Waals surface area contributed by atoms with Crippen LogP contribution in [0.5, 0.6) is 0 Å². The Balaban J connectivity index is 1.17. The van der Waals surface area contributed by atoms with Crippen LogP contribution in [0.4, 0.5) is 0 Å². The molecule has 0 bridgehead atoms. The summed E-state index contributed by atoms with van der Waals surface area (Å²) in [4.78, 5) is -0.244. The van der Waals surface area contributed by atoms with Gasteiger partial charge in [-0.1, -0.05) is 226 Å². The molecule has 10 atom stereocenters. The fourth-order valence-corrected chi connectivity index (χ4v) is 13.2. The lowest BCUT2D eigenvalue weighted by molar-refractivity contribution is -0.363. The van der Waals surface area contributed by atoms with Crippen molar-refractivity contribution in [2.75, 3.05) is 34.0 Å². The summed E-state index contributed by atoms with van der Waals surface area (Å²) in [6, 6.07) is 61.0. The van der Waals surface area contributed by atoms with Crippen molar-refractivity contribution >= 4 is 20.2 Å². The largest absolute Gasteiger partial charge is 0.376 e. The van der Waals surface area contributed by atoms with E-state index in [9.17, 15) is 8.42 Å². The average Bonchev–Trinajstić information content (AvgIpc) is 0.990. The van der Waals surface area contributed by atoms with Crippen molar-refractivity contribution in [2.24, 2.45) is 0 Å². The molecule has 458 valence electrons. The predicted octanol–water partition coefficient (Wildman–Crippen LogP) is 12.2. The molecule has 7 aromatic rings. The van der Waals surface area contributed by atoms with E-state index in [1.165, 1.54) is 38.5 Å². The summed E-state index contributed by atoms with van der Waals surface area (Å²) < 4.78 is 134. The van der Waals surface area contributed by atoms with Crippen LogP contribution in [-0.2, 0) is 90.0 Å². The van der Waals surface area contributed by atoms with Gasteiger partial charge in [0.2, 0.25) is 0 Å². The lowest BCUT2D eigenvalue weighted by Gasteiger charge is -2.51. The van der Waals surface area contributed by atoms with Gasteiger partial charge in [0.15, 0.2) is 24.8 Å². The summed E-state index contributed by atoms with van der Waals surface area (Å²) in [5, 5.41) is 0. The molecule has 0 aliphatic carbocycles. The molecule has 0 spiro atoms. The zero-order valence-electron chi connectivity index (χ0n) is 49.5. The molecule has 0 unspecified atom stereocenters. The molecule has 86 heavy (non-hydrogen) atoms. The van der Waals surface area contributed by atoms with E-state index in [2.05, 4.69) is 6.92 Å². The first-order valence-electron chi connectivity index (χ1n) is 29.5. The zero-order chi connectivity index (χ0) is 60.4. The van der Waals surface area contributed by atoms with Crippen LogP contribution in [-0.4, -0.2) is 112 Å². The molecule has 0 saturated carbocycles. The van der Waals surface area contributed by atoms with Gasteiger partial charge in [-0.25, -0.2) is 0 Å². The second-order valence-corrected chi connectivity index (χ2v) is 24.9. The summed E-state index contributed by atoms with van der Waals surface area (Å²) in [5.74, 6) is 0. The molecule has 0 aromatic heterocycles. The highest BCUT2D eigenvalue weighted by Gasteiger charge is 2.58. The van der Waals surface area contributed by atoms with Crippen molar-refractivity contribution in [1.82, 2.24) is 0 Å². The number of hydrogen-bond donors (Lipinski definition) is 0. The monoisotopic (exact) mass is 1210 g/mol. The van der Waals surface area contributed by atoms with Crippen molar-refractivity contribution in [3.8, 4) is 0 Å². The number of unbranched alkanes of at least 4 members (excludes halogenated alkanes) is 5. The van der Waals surface area contributed by atoms with Gasteiger partial charge < -0.3 is 42.6 Å². The van der Waals surface area contributed by atoms with Crippen LogP contribution in [0.2, 0.25) is 0 Å². The lowest BCUT2D eigenvalue weighted by atomic mass is 9.79. The fraction of sp³-hybridized carbons (Fsp3) is 0.391. The molecule has 2 fully saturated rings. The van der Waals surface area contributed by atoms with Crippen LogP contribution in [0, 0.1) is 13.8 Å². The van der Waals surface area contributed by atoms with Crippen LogP contribution in [0.25, 0.3) is 0 Å². The van der Waals surface area contributed by atoms with Gasteiger partial charge in [0.1, 0.15) is 42.2 Å². The van der Waals surface area contributed by atoms with Gasteiger partial charge in [0.25, 0.3) is 20.2 Å². The van der Waals surface area contributed by atoms with E-state index in [4.69, 9.17) is 51.0 Å². The molecule has 0 amide bonds. The predicted molar refractivity (Wildman–Crippen MR) is 326 cm³/mol. The molecule has 15 nitrogen and oxygen atoms in total. The van der Waals surface area contributed by atoms with Crippen molar-refractivity contribution in [1.29, 1.82) is 0 Å². The number of hydrogen-bond acceptors (Lipinski definition) is 15. The Hall–Kier alpha value is -6.00. The molecule has 7 aromatic carbocycles. The number of methoxy groups -OCH3 is 2. The summed E-state index contributed by atoms with van der Waals surface area (Å²) in [6.07, 6.45) is -7.86. The van der Waals surface area contributed by atoms with E-state index in [1.54, 1.807) is 24.3 Å². The van der Waals surface area contributed by atoms with Gasteiger partial charge in [0.05, 0.1) is 36.2 Å². The normalized spacial score (nSPS) is 22.8. The number of ether oxygens (including phenoxy) is 9. The van der Waals surface area contributed by atoms with Crippen molar-refractivity contribution in [3.63, 3.8) is 0 Å². The number of rotatable bonds is 31. The smallest absolute Gasteiger partial charge is 0.297 e. The molecule has 2 aliphatic rings. The third kappa shape index (κ3) is 16.4. The van der Waals surface area contributed by atoms with Crippen molar-refractivity contribution < 1.29 is 67.8 Å². The molecule has 2 aliphatic heterocycles. The molecular formula is C69H80O15S2. The molecule has 0 N–H and O–H groups in total. The van der Waals surface area contributed by atoms with Gasteiger partial charge in [-0.2, -0.15) is 16.8 Å². The fourth-order valence-electron chi connectivity index (χ4n) is 11.0.